The minimum atomic E-state index is -3.88. The van der Waals surface area contributed by atoms with E-state index in [1.807, 2.05) is 6.92 Å². The van der Waals surface area contributed by atoms with E-state index in [0.717, 1.165) is 17.7 Å². The SMILES string of the molecule is COc1ccc(S(=O)(=O)Nc2ccc(C)c(N3CCCC3=O)c2)c(OC)c1. The number of carbonyl (C=O) groups is 1. The number of nitrogens with one attached hydrogen (secondary N) is 1. The van der Waals surface area contributed by atoms with Crippen LogP contribution in [-0.2, 0) is 14.8 Å². The maximum absolute atomic E-state index is 12.9. The average molecular weight is 390 g/mol. The number of methoxy groups -OCH3 is 2. The van der Waals surface area contributed by atoms with Crippen LogP contribution < -0.4 is 19.1 Å². The van der Waals surface area contributed by atoms with Crippen LogP contribution in [-0.4, -0.2) is 35.1 Å². The van der Waals surface area contributed by atoms with Crippen LogP contribution in [0.25, 0.3) is 0 Å². The quantitative estimate of drug-likeness (QED) is 0.820. The first-order valence-electron chi connectivity index (χ1n) is 8.51. The molecule has 1 N–H and O–H groups in total. The highest BCUT2D eigenvalue weighted by atomic mass is 32.2. The first kappa shape index (κ1) is 19.0. The van der Waals surface area contributed by atoms with Crippen molar-refractivity contribution in [3.63, 3.8) is 0 Å². The number of benzene rings is 2. The van der Waals surface area contributed by atoms with Crippen molar-refractivity contribution in [2.45, 2.75) is 24.7 Å². The fourth-order valence-corrected chi connectivity index (χ4v) is 4.28. The van der Waals surface area contributed by atoms with Crippen LogP contribution in [0.15, 0.2) is 41.3 Å². The number of hydrogen-bond donors (Lipinski definition) is 1. The highest BCUT2D eigenvalue weighted by Crippen LogP contribution is 2.32. The Labute approximate surface area is 158 Å². The van der Waals surface area contributed by atoms with Crippen LogP contribution in [0.5, 0.6) is 11.5 Å². The van der Waals surface area contributed by atoms with Crippen LogP contribution in [0.4, 0.5) is 11.4 Å². The number of amides is 1. The number of rotatable bonds is 6. The van der Waals surface area contributed by atoms with E-state index in [1.165, 1.54) is 26.4 Å². The Morgan fingerprint density at radius 1 is 1.07 bits per heavy atom. The summed E-state index contributed by atoms with van der Waals surface area (Å²) < 4.78 is 38.6. The van der Waals surface area contributed by atoms with Crippen molar-refractivity contribution in [3.05, 3.63) is 42.0 Å². The molecule has 0 spiro atoms. The van der Waals surface area contributed by atoms with Crippen LogP contribution in [0.2, 0.25) is 0 Å². The molecule has 0 bridgehead atoms. The third-order valence-electron chi connectivity index (χ3n) is 4.49. The molecule has 1 heterocycles. The monoisotopic (exact) mass is 390 g/mol. The van der Waals surface area contributed by atoms with Crippen LogP contribution in [0.3, 0.4) is 0 Å². The number of aryl methyl sites for hydroxylation is 1. The molecular formula is C19H22N2O5S. The van der Waals surface area contributed by atoms with Crippen molar-refractivity contribution in [3.8, 4) is 11.5 Å². The molecule has 2 aromatic carbocycles. The van der Waals surface area contributed by atoms with Gasteiger partial charge in [-0.1, -0.05) is 6.07 Å². The minimum absolute atomic E-state index is 0.00479. The normalized spacial score (nSPS) is 14.3. The van der Waals surface area contributed by atoms with E-state index in [4.69, 9.17) is 9.47 Å². The highest BCUT2D eigenvalue weighted by molar-refractivity contribution is 7.92. The lowest BCUT2D eigenvalue weighted by atomic mass is 10.1. The third-order valence-corrected chi connectivity index (χ3v) is 5.91. The molecule has 1 aliphatic heterocycles. The molecular weight excluding hydrogens is 368 g/mol. The molecule has 3 rings (SSSR count). The molecule has 0 radical (unpaired) electrons. The Morgan fingerprint density at radius 3 is 2.48 bits per heavy atom. The lowest BCUT2D eigenvalue weighted by Gasteiger charge is -2.20. The predicted octanol–water partition coefficient (Wildman–Crippen LogP) is 2.94. The lowest BCUT2D eigenvalue weighted by Crippen LogP contribution is -2.24. The largest absolute Gasteiger partial charge is 0.497 e. The van der Waals surface area contributed by atoms with Crippen LogP contribution >= 0.6 is 0 Å². The summed E-state index contributed by atoms with van der Waals surface area (Å²) >= 11 is 0. The van der Waals surface area contributed by atoms with Crippen molar-refractivity contribution in [2.75, 3.05) is 30.4 Å². The molecule has 0 saturated carbocycles. The summed E-state index contributed by atoms with van der Waals surface area (Å²) in [6, 6.07) is 9.65. The first-order valence-corrected chi connectivity index (χ1v) is 10.00. The van der Waals surface area contributed by atoms with E-state index in [9.17, 15) is 13.2 Å². The number of carbonyl (C=O) groups excluding carboxylic acids is 1. The summed E-state index contributed by atoms with van der Waals surface area (Å²) in [6.45, 7) is 2.54. The van der Waals surface area contributed by atoms with E-state index in [-0.39, 0.29) is 16.6 Å². The molecule has 27 heavy (non-hydrogen) atoms. The van der Waals surface area contributed by atoms with Gasteiger partial charge in [0.05, 0.1) is 19.9 Å². The standard InChI is InChI=1S/C19H22N2O5S/c1-13-6-7-14(11-16(13)21-10-4-5-19(21)22)20-27(23,24)18-9-8-15(25-2)12-17(18)26-3/h6-9,11-12,20H,4-5,10H2,1-3H3. The molecule has 1 fully saturated rings. The van der Waals surface area contributed by atoms with Crippen molar-refractivity contribution >= 4 is 27.3 Å². The second-order valence-electron chi connectivity index (χ2n) is 6.27. The topological polar surface area (TPSA) is 84.9 Å². The van der Waals surface area contributed by atoms with Gasteiger partial charge in [-0.3, -0.25) is 9.52 Å². The van der Waals surface area contributed by atoms with E-state index in [2.05, 4.69) is 4.72 Å². The maximum Gasteiger partial charge on any atom is 0.265 e. The number of sulfonamides is 1. The van der Waals surface area contributed by atoms with E-state index in [0.29, 0.717) is 24.4 Å². The predicted molar refractivity (Wildman–Crippen MR) is 103 cm³/mol. The number of hydrogen-bond acceptors (Lipinski definition) is 5. The third kappa shape index (κ3) is 3.85. The average Bonchev–Trinajstić information content (AvgIpc) is 3.08. The smallest absolute Gasteiger partial charge is 0.265 e. The Morgan fingerprint density at radius 2 is 1.85 bits per heavy atom. The summed E-state index contributed by atoms with van der Waals surface area (Å²) in [5, 5.41) is 0. The number of anilines is 2. The van der Waals surface area contributed by atoms with Crippen molar-refractivity contribution in [2.24, 2.45) is 0 Å². The molecule has 8 heteroatoms. The Hall–Kier alpha value is -2.74. The number of nitrogens with zero attached hydrogens (tertiary/aromatic N) is 1. The second kappa shape index (κ2) is 7.48. The van der Waals surface area contributed by atoms with Crippen molar-refractivity contribution in [1.82, 2.24) is 0 Å². The van der Waals surface area contributed by atoms with Gasteiger partial charge in [-0.15, -0.1) is 0 Å². The molecule has 1 saturated heterocycles. The summed E-state index contributed by atoms with van der Waals surface area (Å²) in [5.41, 5.74) is 2.02. The molecule has 1 aliphatic rings. The van der Waals surface area contributed by atoms with Gasteiger partial charge < -0.3 is 14.4 Å². The molecule has 0 atom stereocenters. The summed E-state index contributed by atoms with van der Waals surface area (Å²) in [7, 11) is -0.987. The van der Waals surface area contributed by atoms with Gasteiger partial charge in [0.1, 0.15) is 16.4 Å². The van der Waals surface area contributed by atoms with E-state index >= 15 is 0 Å². The summed E-state index contributed by atoms with van der Waals surface area (Å²) in [4.78, 5) is 13.7. The molecule has 0 aromatic heterocycles. The van der Waals surface area contributed by atoms with E-state index in [1.54, 1.807) is 29.2 Å². The Kier molecular flexibility index (Phi) is 5.27. The zero-order valence-electron chi connectivity index (χ0n) is 15.5. The van der Waals surface area contributed by atoms with Gasteiger partial charge in [0.2, 0.25) is 5.91 Å². The fraction of sp³-hybridized carbons (Fsp3) is 0.316. The van der Waals surface area contributed by atoms with Gasteiger partial charge >= 0.3 is 0 Å². The number of ether oxygens (including phenoxy) is 2. The van der Waals surface area contributed by atoms with Crippen molar-refractivity contribution in [1.29, 1.82) is 0 Å². The van der Waals surface area contributed by atoms with Crippen LogP contribution in [0, 0.1) is 6.92 Å². The van der Waals surface area contributed by atoms with Gasteiger partial charge in [0, 0.05) is 24.7 Å². The van der Waals surface area contributed by atoms with Crippen molar-refractivity contribution < 1.29 is 22.7 Å². The lowest BCUT2D eigenvalue weighted by molar-refractivity contribution is -0.117. The fourth-order valence-electron chi connectivity index (χ4n) is 3.07. The van der Waals surface area contributed by atoms with Gasteiger partial charge in [0.25, 0.3) is 10.0 Å². The van der Waals surface area contributed by atoms with Gasteiger partial charge in [0.15, 0.2) is 0 Å². The zero-order valence-corrected chi connectivity index (χ0v) is 16.3. The van der Waals surface area contributed by atoms with Crippen LogP contribution in [0.1, 0.15) is 18.4 Å². The minimum Gasteiger partial charge on any atom is -0.497 e. The maximum atomic E-state index is 12.9. The highest BCUT2D eigenvalue weighted by Gasteiger charge is 2.25. The van der Waals surface area contributed by atoms with E-state index < -0.39 is 10.0 Å². The Balaban J connectivity index is 1.94. The molecule has 1 amide bonds. The van der Waals surface area contributed by atoms with Gasteiger partial charge in [-0.25, -0.2) is 8.42 Å². The molecule has 0 unspecified atom stereocenters. The molecule has 7 nitrogen and oxygen atoms in total. The Bertz CT molecular complexity index is 972. The first-order chi connectivity index (χ1) is 12.9. The molecule has 2 aromatic rings. The summed E-state index contributed by atoms with van der Waals surface area (Å²) in [6.07, 6.45) is 1.32. The van der Waals surface area contributed by atoms with Gasteiger partial charge in [-0.05, 0) is 43.2 Å². The second-order valence-corrected chi connectivity index (χ2v) is 7.92. The summed E-state index contributed by atoms with van der Waals surface area (Å²) in [5.74, 6) is 0.731. The van der Waals surface area contributed by atoms with Gasteiger partial charge in [-0.2, -0.15) is 0 Å². The zero-order chi connectivity index (χ0) is 19.6. The molecule has 144 valence electrons. The molecule has 0 aliphatic carbocycles.